The van der Waals surface area contributed by atoms with E-state index in [0.29, 0.717) is 12.0 Å². The highest BCUT2D eigenvalue weighted by Crippen LogP contribution is 2.46. The van der Waals surface area contributed by atoms with Crippen molar-refractivity contribution in [3.63, 3.8) is 0 Å². The number of hydrogen-bond acceptors (Lipinski definition) is 4. The first-order valence-electron chi connectivity index (χ1n) is 8.80. The number of rotatable bonds is 2. The Kier molecular flexibility index (Phi) is 4.57. The van der Waals surface area contributed by atoms with Crippen LogP contribution in [-0.2, 0) is 4.79 Å². The van der Waals surface area contributed by atoms with Gasteiger partial charge in [-0.1, -0.05) is 55.1 Å². The van der Waals surface area contributed by atoms with Crippen molar-refractivity contribution in [1.82, 2.24) is 0 Å². The van der Waals surface area contributed by atoms with Gasteiger partial charge in [-0.3, -0.25) is 4.79 Å². The van der Waals surface area contributed by atoms with E-state index < -0.39 is 12.2 Å². The molecule has 4 rings (SSSR count). The number of carbonyl (C=O) groups excluding carboxylic acids is 1. The molecule has 1 aliphatic carbocycles. The van der Waals surface area contributed by atoms with Crippen molar-refractivity contribution in [2.24, 2.45) is 0 Å². The maximum absolute atomic E-state index is 13.2. The number of Topliss-reactive ketones (excluding diaryl/α,β-unsaturated/α-hetero) is 1. The smallest absolute Gasteiger partial charge is 0.171 e. The van der Waals surface area contributed by atoms with E-state index in [1.54, 1.807) is 6.08 Å². The van der Waals surface area contributed by atoms with Crippen molar-refractivity contribution in [1.29, 1.82) is 0 Å². The molecular weight excluding hydrogens is 344 g/mol. The molecule has 3 nitrogen and oxygen atoms in total. The molecule has 1 aliphatic heterocycles. The summed E-state index contributed by atoms with van der Waals surface area (Å²) in [4.78, 5) is 14.9. The molecule has 0 saturated carbocycles. The van der Waals surface area contributed by atoms with Gasteiger partial charge in [-0.05, 0) is 47.4 Å². The first-order valence-corrected chi connectivity index (χ1v) is 9.61. The van der Waals surface area contributed by atoms with E-state index >= 15 is 0 Å². The van der Waals surface area contributed by atoms with Gasteiger partial charge in [0.25, 0.3) is 0 Å². The number of aliphatic hydroxyl groups is 2. The Balaban J connectivity index is 1.84. The Morgan fingerprint density at radius 2 is 1.69 bits per heavy atom. The van der Waals surface area contributed by atoms with E-state index in [0.717, 1.165) is 26.5 Å². The molecule has 26 heavy (non-hydrogen) atoms. The van der Waals surface area contributed by atoms with Crippen molar-refractivity contribution in [2.75, 3.05) is 0 Å². The Morgan fingerprint density at radius 3 is 2.42 bits per heavy atom. The lowest BCUT2D eigenvalue weighted by atomic mass is 9.85. The predicted octanol–water partition coefficient (Wildman–Crippen LogP) is 4.07. The summed E-state index contributed by atoms with van der Waals surface area (Å²) in [5.74, 6) is -0.234. The lowest BCUT2D eigenvalue weighted by Crippen LogP contribution is -2.27. The van der Waals surface area contributed by atoms with Crippen LogP contribution >= 0.6 is 11.8 Å². The number of thioether (sulfide) groups is 1. The number of hydrogen-bond donors (Lipinski definition) is 2. The minimum Gasteiger partial charge on any atom is -0.386 e. The van der Waals surface area contributed by atoms with Gasteiger partial charge in [0.15, 0.2) is 5.78 Å². The SMILES string of the molecule is CCC1C(=O)C2=CC(O)C(O)C=C2Sc2ccc(-c3ccccc3)cc21. The third-order valence-electron chi connectivity index (χ3n) is 4.98. The van der Waals surface area contributed by atoms with Crippen LogP contribution in [0, 0.1) is 0 Å². The van der Waals surface area contributed by atoms with Crippen LogP contribution in [0.1, 0.15) is 24.8 Å². The number of carbonyl (C=O) groups is 1. The summed E-state index contributed by atoms with van der Waals surface area (Å²) < 4.78 is 0. The van der Waals surface area contributed by atoms with Gasteiger partial charge in [-0.25, -0.2) is 0 Å². The third kappa shape index (κ3) is 2.94. The first kappa shape index (κ1) is 17.3. The lowest BCUT2D eigenvalue weighted by Gasteiger charge is -2.21. The van der Waals surface area contributed by atoms with E-state index in [4.69, 9.17) is 0 Å². The zero-order valence-electron chi connectivity index (χ0n) is 14.4. The van der Waals surface area contributed by atoms with Crippen molar-refractivity contribution in [3.05, 3.63) is 76.7 Å². The van der Waals surface area contributed by atoms with Gasteiger partial charge in [0.05, 0.1) is 0 Å². The largest absolute Gasteiger partial charge is 0.386 e. The van der Waals surface area contributed by atoms with Gasteiger partial charge in [0, 0.05) is 21.3 Å². The van der Waals surface area contributed by atoms with Crippen LogP contribution in [0.4, 0.5) is 0 Å². The standard InChI is InChI=1S/C22H20O3S/c1-2-15-16-10-14(13-6-4-3-5-7-13)8-9-20(16)26-21-12-19(24)18(23)11-17(21)22(15)25/h3-12,15,18-19,23-24H,2H2,1H3. The van der Waals surface area contributed by atoms with Crippen molar-refractivity contribution in [2.45, 2.75) is 36.4 Å². The van der Waals surface area contributed by atoms with E-state index in [2.05, 4.69) is 30.3 Å². The summed E-state index contributed by atoms with van der Waals surface area (Å²) in [7, 11) is 0. The third-order valence-corrected chi connectivity index (χ3v) is 6.14. The van der Waals surface area contributed by atoms with E-state index in [-0.39, 0.29) is 11.7 Å². The molecule has 2 aromatic carbocycles. The highest BCUT2D eigenvalue weighted by molar-refractivity contribution is 8.03. The summed E-state index contributed by atoms with van der Waals surface area (Å²) >= 11 is 1.50. The summed E-state index contributed by atoms with van der Waals surface area (Å²) in [5.41, 5.74) is 3.75. The average molecular weight is 364 g/mol. The minimum absolute atomic E-state index is 0.0150. The predicted molar refractivity (Wildman–Crippen MR) is 104 cm³/mol. The number of fused-ring (bicyclic) bond motifs is 2. The van der Waals surface area contributed by atoms with E-state index in [1.165, 1.54) is 17.8 Å². The summed E-state index contributed by atoms with van der Waals surface area (Å²) in [5, 5.41) is 19.9. The molecule has 2 N–H and O–H groups in total. The molecule has 2 aliphatic rings. The fourth-order valence-electron chi connectivity index (χ4n) is 3.56. The maximum Gasteiger partial charge on any atom is 0.171 e. The molecule has 3 unspecified atom stereocenters. The Bertz CT molecular complexity index is 914. The second kappa shape index (κ2) is 6.88. The molecule has 0 amide bonds. The second-order valence-corrected chi connectivity index (χ2v) is 7.72. The Morgan fingerprint density at radius 1 is 0.962 bits per heavy atom. The Hall–Kier alpha value is -2.14. The van der Waals surface area contributed by atoms with Gasteiger partial charge in [0.1, 0.15) is 12.2 Å². The maximum atomic E-state index is 13.2. The van der Waals surface area contributed by atoms with E-state index in [1.807, 2.05) is 25.1 Å². The number of allylic oxidation sites excluding steroid dienone is 1. The number of benzene rings is 2. The van der Waals surface area contributed by atoms with Crippen LogP contribution in [0.5, 0.6) is 0 Å². The molecule has 132 valence electrons. The highest BCUT2D eigenvalue weighted by atomic mass is 32.2. The van der Waals surface area contributed by atoms with Crippen molar-refractivity contribution < 1.29 is 15.0 Å². The molecule has 0 saturated heterocycles. The van der Waals surface area contributed by atoms with Crippen LogP contribution in [0.3, 0.4) is 0 Å². The first-order chi connectivity index (χ1) is 12.6. The van der Waals surface area contributed by atoms with Crippen LogP contribution in [-0.4, -0.2) is 28.2 Å². The molecular formula is C22H20O3S. The number of ketones is 1. The molecule has 0 radical (unpaired) electrons. The van der Waals surface area contributed by atoms with Gasteiger partial charge >= 0.3 is 0 Å². The summed E-state index contributed by atoms with van der Waals surface area (Å²) in [6, 6.07) is 16.4. The molecule has 2 aromatic rings. The van der Waals surface area contributed by atoms with Crippen LogP contribution < -0.4 is 0 Å². The minimum atomic E-state index is -1.03. The fraction of sp³-hybridized carbons (Fsp3) is 0.227. The average Bonchev–Trinajstić information content (AvgIpc) is 2.77. The highest BCUT2D eigenvalue weighted by Gasteiger charge is 2.34. The van der Waals surface area contributed by atoms with Gasteiger partial charge in [-0.2, -0.15) is 0 Å². The zero-order chi connectivity index (χ0) is 18.3. The molecule has 0 spiro atoms. The number of aliphatic hydroxyl groups excluding tert-OH is 2. The van der Waals surface area contributed by atoms with Gasteiger partial charge in [0.2, 0.25) is 0 Å². The van der Waals surface area contributed by atoms with Crippen molar-refractivity contribution in [3.8, 4) is 11.1 Å². The molecule has 4 heteroatoms. The Labute approximate surface area is 157 Å². The second-order valence-electron chi connectivity index (χ2n) is 6.64. The normalized spacial score (nSPS) is 24.9. The summed E-state index contributed by atoms with van der Waals surface area (Å²) in [6.45, 7) is 2.01. The fourth-order valence-corrected chi connectivity index (χ4v) is 4.74. The molecule has 0 bridgehead atoms. The van der Waals surface area contributed by atoms with Crippen LogP contribution in [0.25, 0.3) is 11.1 Å². The lowest BCUT2D eigenvalue weighted by molar-refractivity contribution is -0.116. The molecule has 3 atom stereocenters. The van der Waals surface area contributed by atoms with E-state index in [9.17, 15) is 15.0 Å². The molecule has 0 fully saturated rings. The van der Waals surface area contributed by atoms with Crippen molar-refractivity contribution >= 4 is 17.5 Å². The van der Waals surface area contributed by atoms with Crippen LogP contribution in [0.15, 0.2) is 76.1 Å². The van der Waals surface area contributed by atoms with Gasteiger partial charge < -0.3 is 10.2 Å². The summed E-state index contributed by atoms with van der Waals surface area (Å²) in [6.07, 6.45) is 1.78. The monoisotopic (exact) mass is 364 g/mol. The topological polar surface area (TPSA) is 57.5 Å². The van der Waals surface area contributed by atoms with Crippen LogP contribution in [0.2, 0.25) is 0 Å². The van der Waals surface area contributed by atoms with Gasteiger partial charge in [-0.15, -0.1) is 0 Å². The molecule has 0 aromatic heterocycles. The zero-order valence-corrected chi connectivity index (χ0v) is 15.2. The quantitative estimate of drug-likeness (QED) is 0.843. The molecule has 1 heterocycles.